The van der Waals surface area contributed by atoms with Crippen LogP contribution in [0.1, 0.15) is 172 Å². The van der Waals surface area contributed by atoms with Crippen molar-refractivity contribution in [3.05, 3.63) is 115 Å². The third kappa shape index (κ3) is 9.83. The van der Waals surface area contributed by atoms with Crippen LogP contribution in [0.2, 0.25) is 0 Å². The summed E-state index contributed by atoms with van der Waals surface area (Å²) in [6.07, 6.45) is 3.54. The molecule has 1 aliphatic rings. The first-order valence-corrected chi connectivity index (χ1v) is 22.3. The van der Waals surface area contributed by atoms with Gasteiger partial charge in [-0.05, 0) is 118 Å². The molecule has 4 atom stereocenters. The summed E-state index contributed by atoms with van der Waals surface area (Å²) in [5.74, 6) is 4.69. The van der Waals surface area contributed by atoms with Gasteiger partial charge in [0.25, 0.3) is 0 Å². The maximum Gasteiger partial charge on any atom is 0.123 e. The molecule has 8 bridgehead atoms. The first-order valence-electron chi connectivity index (χ1n) is 22.3. The highest BCUT2D eigenvalue weighted by atomic mass is 16.5. The topological polar surface area (TPSA) is 141 Å². The quantitative estimate of drug-likeness (QED) is 0.0876. The van der Waals surface area contributed by atoms with Crippen molar-refractivity contribution in [1.29, 1.82) is 0 Å². The van der Waals surface area contributed by atoms with Gasteiger partial charge in [-0.1, -0.05) is 79.7 Å². The Morgan fingerprint density at radius 2 is 0.517 bits per heavy atom. The molecule has 0 saturated heterocycles. The predicted octanol–water partition coefficient (Wildman–Crippen LogP) is 10.6. The molecule has 1 aliphatic carbocycles. The standard InChI is InChI=1S/C52H76N4O4/c1-29(2)13-41-37-21-46(50(58-10)17-33(37)25-53)43(15-31(5)6)39-23-48(52(60-12)19-35(39)27-55)44(16-32(7)8)40-24-47(51(59-11)20-36(40)28-56)42(14-30(3)4)38-22-45(41)49(57-9)18-34(38)26-54/h17-24,29-32,41-44H,13-16,25-28,53-56H2,1-12H3. The van der Waals surface area contributed by atoms with Crippen LogP contribution in [-0.4, -0.2) is 28.4 Å². The first kappa shape index (κ1) is 47.0. The third-order valence-corrected chi connectivity index (χ3v) is 12.7. The molecule has 5 rings (SSSR count). The van der Waals surface area contributed by atoms with Crippen LogP contribution in [0.25, 0.3) is 0 Å². The lowest BCUT2D eigenvalue weighted by molar-refractivity contribution is 0.396. The first-order chi connectivity index (χ1) is 28.7. The predicted molar refractivity (Wildman–Crippen MR) is 249 cm³/mol. The molecule has 0 aromatic heterocycles. The van der Waals surface area contributed by atoms with E-state index in [0.717, 1.165) is 93.2 Å². The highest BCUT2D eigenvalue weighted by Gasteiger charge is 2.34. The number of rotatable bonds is 16. The lowest BCUT2D eigenvalue weighted by Gasteiger charge is -2.33. The molecular formula is C52H76N4O4. The van der Waals surface area contributed by atoms with E-state index in [1.165, 1.54) is 22.3 Å². The number of hydrogen-bond donors (Lipinski definition) is 4. The van der Waals surface area contributed by atoms with Gasteiger partial charge in [0.05, 0.1) is 28.4 Å². The van der Waals surface area contributed by atoms with Gasteiger partial charge in [-0.15, -0.1) is 0 Å². The molecule has 0 spiro atoms. The van der Waals surface area contributed by atoms with E-state index in [1.54, 1.807) is 28.4 Å². The fourth-order valence-corrected chi connectivity index (χ4v) is 10.00. The number of methoxy groups -OCH3 is 4. The fourth-order valence-electron chi connectivity index (χ4n) is 10.00. The van der Waals surface area contributed by atoms with Gasteiger partial charge in [0.1, 0.15) is 23.0 Å². The van der Waals surface area contributed by atoms with Crippen LogP contribution in [0.3, 0.4) is 0 Å². The number of fused-ring (bicyclic) bond motifs is 8. The molecule has 0 aliphatic heterocycles. The number of ether oxygens (including phenoxy) is 4. The highest BCUT2D eigenvalue weighted by molar-refractivity contribution is 5.60. The minimum absolute atomic E-state index is 0.0334. The van der Waals surface area contributed by atoms with E-state index in [2.05, 4.69) is 104 Å². The smallest absolute Gasteiger partial charge is 0.123 e. The Hall–Kier alpha value is -4.08. The van der Waals surface area contributed by atoms with E-state index in [9.17, 15) is 0 Å². The largest absolute Gasteiger partial charge is 0.496 e. The molecule has 8 heteroatoms. The SMILES string of the molecule is COc1cc(CN)c2cc1C(CC(C)C)c1cc(c(OC)cc1CN)C(CC(C)C)c1cc(c(OC)cc1CN)C(CC(C)C)c1cc(c(OC)cc1CN)C2CC(C)C. The van der Waals surface area contributed by atoms with Gasteiger partial charge in [0.15, 0.2) is 0 Å². The van der Waals surface area contributed by atoms with Gasteiger partial charge in [0, 0.05) is 72.1 Å². The summed E-state index contributed by atoms with van der Waals surface area (Å²) in [6, 6.07) is 18.4. The average molecular weight is 821 g/mol. The summed E-state index contributed by atoms with van der Waals surface area (Å²) < 4.78 is 25.4. The zero-order valence-electron chi connectivity index (χ0n) is 38.8. The zero-order valence-corrected chi connectivity index (χ0v) is 38.8. The lowest BCUT2D eigenvalue weighted by atomic mass is 9.73. The van der Waals surface area contributed by atoms with Crippen LogP contribution in [0.5, 0.6) is 23.0 Å². The van der Waals surface area contributed by atoms with Crippen molar-refractivity contribution in [3.63, 3.8) is 0 Å². The van der Waals surface area contributed by atoms with E-state index in [4.69, 9.17) is 41.9 Å². The minimum atomic E-state index is -0.0334. The molecule has 4 aromatic rings. The van der Waals surface area contributed by atoms with Gasteiger partial charge in [0.2, 0.25) is 0 Å². The molecular weight excluding hydrogens is 745 g/mol. The Labute approximate surface area is 362 Å². The Kier molecular flexibility index (Phi) is 16.2. The Balaban J connectivity index is 2.12. The van der Waals surface area contributed by atoms with Crippen molar-refractivity contribution in [2.75, 3.05) is 28.4 Å². The van der Waals surface area contributed by atoms with Crippen molar-refractivity contribution in [3.8, 4) is 23.0 Å². The second kappa shape index (κ2) is 20.7. The molecule has 4 unspecified atom stereocenters. The van der Waals surface area contributed by atoms with Crippen molar-refractivity contribution in [2.24, 2.45) is 46.6 Å². The van der Waals surface area contributed by atoms with Gasteiger partial charge in [-0.25, -0.2) is 0 Å². The van der Waals surface area contributed by atoms with Crippen molar-refractivity contribution in [2.45, 2.75) is 131 Å². The van der Waals surface area contributed by atoms with E-state index >= 15 is 0 Å². The molecule has 328 valence electrons. The Morgan fingerprint density at radius 3 is 0.650 bits per heavy atom. The molecule has 0 amide bonds. The highest BCUT2D eigenvalue weighted by Crippen LogP contribution is 2.50. The summed E-state index contributed by atoms with van der Waals surface area (Å²) >= 11 is 0. The van der Waals surface area contributed by atoms with E-state index in [-0.39, 0.29) is 23.7 Å². The number of hydrogen-bond acceptors (Lipinski definition) is 8. The van der Waals surface area contributed by atoms with Crippen molar-refractivity contribution >= 4 is 0 Å². The van der Waals surface area contributed by atoms with Crippen molar-refractivity contribution < 1.29 is 18.9 Å². The molecule has 0 saturated carbocycles. The fraction of sp³-hybridized carbons (Fsp3) is 0.538. The van der Waals surface area contributed by atoms with Crippen LogP contribution < -0.4 is 41.9 Å². The van der Waals surface area contributed by atoms with Crippen molar-refractivity contribution in [1.82, 2.24) is 0 Å². The minimum Gasteiger partial charge on any atom is -0.496 e. The monoisotopic (exact) mass is 821 g/mol. The number of benzene rings is 4. The third-order valence-electron chi connectivity index (χ3n) is 12.7. The summed E-state index contributed by atoms with van der Waals surface area (Å²) in [5, 5.41) is 0. The van der Waals surface area contributed by atoms with Gasteiger partial charge in [-0.2, -0.15) is 0 Å². The van der Waals surface area contributed by atoms with Crippen LogP contribution in [0, 0.1) is 23.7 Å². The molecule has 0 radical (unpaired) electrons. The molecule has 0 fully saturated rings. The van der Waals surface area contributed by atoms with E-state index < -0.39 is 0 Å². The second-order valence-corrected chi connectivity index (χ2v) is 18.7. The van der Waals surface area contributed by atoms with Gasteiger partial charge in [-0.3, -0.25) is 0 Å². The molecule has 8 N–H and O–H groups in total. The van der Waals surface area contributed by atoms with E-state index in [0.29, 0.717) is 49.9 Å². The normalized spacial score (nSPS) is 17.8. The molecule has 60 heavy (non-hydrogen) atoms. The lowest BCUT2D eigenvalue weighted by Crippen LogP contribution is -2.19. The maximum atomic E-state index is 6.72. The Bertz CT molecular complexity index is 1670. The van der Waals surface area contributed by atoms with Gasteiger partial charge < -0.3 is 41.9 Å². The zero-order chi connectivity index (χ0) is 44.0. The summed E-state index contributed by atoms with van der Waals surface area (Å²) in [7, 11) is 7.10. The van der Waals surface area contributed by atoms with E-state index in [1.807, 2.05) is 0 Å². The van der Waals surface area contributed by atoms with Gasteiger partial charge >= 0.3 is 0 Å². The van der Waals surface area contributed by atoms with Crippen LogP contribution in [0.4, 0.5) is 0 Å². The average Bonchev–Trinajstić information content (AvgIpc) is 3.23. The summed E-state index contributed by atoms with van der Waals surface area (Å²) in [4.78, 5) is 0. The van der Waals surface area contributed by atoms with Crippen LogP contribution in [-0.2, 0) is 26.2 Å². The summed E-state index contributed by atoms with van der Waals surface area (Å²) in [6.45, 7) is 19.8. The molecule has 8 nitrogen and oxygen atoms in total. The maximum absolute atomic E-state index is 6.72. The number of nitrogens with two attached hydrogens (primary N) is 4. The second-order valence-electron chi connectivity index (χ2n) is 18.7. The van der Waals surface area contributed by atoms with Crippen LogP contribution >= 0.6 is 0 Å². The molecule has 4 aromatic carbocycles. The Morgan fingerprint density at radius 1 is 0.333 bits per heavy atom. The summed E-state index contributed by atoms with van der Waals surface area (Å²) in [5.41, 5.74) is 40.5. The molecule has 0 heterocycles. The van der Waals surface area contributed by atoms with Crippen LogP contribution in [0.15, 0.2) is 48.5 Å².